The monoisotopic (exact) mass is 427 g/mol. The Labute approximate surface area is 184 Å². The summed E-state index contributed by atoms with van der Waals surface area (Å²) in [5, 5.41) is 10.7. The van der Waals surface area contributed by atoms with Crippen LogP contribution in [0.15, 0.2) is 42.6 Å². The molecule has 0 atom stereocenters. The number of pyridine rings is 1. The SMILES string of the molecule is COC(=O)c1cc(N2CCOCC2)cc2c1nc(C)n2-c1c(C#N)cnc2ccccc12. The zero-order valence-electron chi connectivity index (χ0n) is 17.8. The van der Waals surface area contributed by atoms with Crippen molar-refractivity contribution in [3.8, 4) is 11.8 Å². The Morgan fingerprint density at radius 1 is 1.22 bits per heavy atom. The van der Waals surface area contributed by atoms with Crippen molar-refractivity contribution in [1.82, 2.24) is 14.5 Å². The third kappa shape index (κ3) is 3.15. The van der Waals surface area contributed by atoms with Crippen molar-refractivity contribution in [2.24, 2.45) is 0 Å². The molecule has 32 heavy (non-hydrogen) atoms. The molecule has 8 nitrogen and oxygen atoms in total. The van der Waals surface area contributed by atoms with E-state index in [9.17, 15) is 10.1 Å². The van der Waals surface area contributed by atoms with Gasteiger partial charge in [-0.3, -0.25) is 9.55 Å². The lowest BCUT2D eigenvalue weighted by Crippen LogP contribution is -2.36. The zero-order chi connectivity index (χ0) is 22.2. The molecule has 0 unspecified atom stereocenters. The number of nitrogens with zero attached hydrogens (tertiary/aromatic N) is 5. The molecule has 0 amide bonds. The first-order valence-electron chi connectivity index (χ1n) is 10.3. The van der Waals surface area contributed by atoms with E-state index in [1.165, 1.54) is 7.11 Å². The molecule has 1 fully saturated rings. The fraction of sp³-hybridized carbons (Fsp3) is 0.250. The van der Waals surface area contributed by atoms with E-state index in [1.54, 1.807) is 6.20 Å². The molecule has 0 spiro atoms. The molecule has 2 aromatic heterocycles. The number of methoxy groups -OCH3 is 1. The van der Waals surface area contributed by atoms with Crippen molar-refractivity contribution in [2.45, 2.75) is 6.92 Å². The molecule has 3 heterocycles. The minimum absolute atomic E-state index is 0.394. The first-order valence-corrected chi connectivity index (χ1v) is 10.3. The highest BCUT2D eigenvalue weighted by atomic mass is 16.5. The van der Waals surface area contributed by atoms with Crippen molar-refractivity contribution < 1.29 is 14.3 Å². The first kappa shape index (κ1) is 20.0. The molecule has 0 radical (unpaired) electrons. The fourth-order valence-corrected chi connectivity index (χ4v) is 4.28. The molecule has 0 bridgehead atoms. The topological polar surface area (TPSA) is 93.3 Å². The lowest BCUT2D eigenvalue weighted by Gasteiger charge is -2.29. The van der Waals surface area contributed by atoms with Gasteiger partial charge >= 0.3 is 5.97 Å². The first-order chi connectivity index (χ1) is 15.6. The van der Waals surface area contributed by atoms with E-state index in [2.05, 4.69) is 16.0 Å². The van der Waals surface area contributed by atoms with Crippen LogP contribution < -0.4 is 4.90 Å². The van der Waals surface area contributed by atoms with Crippen LogP contribution in [0, 0.1) is 18.3 Å². The summed E-state index contributed by atoms with van der Waals surface area (Å²) in [6, 6.07) is 13.8. The fourth-order valence-electron chi connectivity index (χ4n) is 4.28. The molecule has 1 saturated heterocycles. The van der Waals surface area contributed by atoms with Gasteiger partial charge in [0.15, 0.2) is 0 Å². The second kappa shape index (κ2) is 7.94. The van der Waals surface area contributed by atoms with Crippen LogP contribution in [0.3, 0.4) is 0 Å². The van der Waals surface area contributed by atoms with E-state index < -0.39 is 5.97 Å². The number of carbonyl (C=O) groups excluding carboxylic acids is 1. The number of ether oxygens (including phenoxy) is 2. The van der Waals surface area contributed by atoms with Crippen LogP contribution >= 0.6 is 0 Å². The number of hydrogen-bond donors (Lipinski definition) is 0. The Bertz CT molecular complexity index is 1400. The number of carbonyl (C=O) groups is 1. The molecule has 4 aromatic rings. The smallest absolute Gasteiger partial charge is 0.340 e. The summed E-state index contributed by atoms with van der Waals surface area (Å²) in [4.78, 5) is 24.0. The van der Waals surface area contributed by atoms with Crippen molar-refractivity contribution in [3.05, 3.63) is 59.5 Å². The van der Waals surface area contributed by atoms with Crippen molar-refractivity contribution in [1.29, 1.82) is 5.26 Å². The largest absolute Gasteiger partial charge is 0.465 e. The van der Waals surface area contributed by atoms with Gasteiger partial charge in [-0.2, -0.15) is 5.26 Å². The number of benzene rings is 2. The number of nitriles is 1. The maximum absolute atomic E-state index is 12.7. The van der Waals surface area contributed by atoms with Gasteiger partial charge in [0.25, 0.3) is 0 Å². The van der Waals surface area contributed by atoms with Crippen LogP contribution in [0.25, 0.3) is 27.6 Å². The van der Waals surface area contributed by atoms with Crippen LogP contribution in [0.5, 0.6) is 0 Å². The van der Waals surface area contributed by atoms with Gasteiger partial charge in [0.1, 0.15) is 17.4 Å². The van der Waals surface area contributed by atoms with Crippen molar-refractivity contribution in [2.75, 3.05) is 38.3 Å². The average molecular weight is 427 g/mol. The summed E-state index contributed by atoms with van der Waals surface area (Å²) in [5.41, 5.74) is 4.47. The van der Waals surface area contributed by atoms with Gasteiger partial charge in [-0.05, 0) is 25.1 Å². The molecular formula is C24H21N5O3. The van der Waals surface area contributed by atoms with Crippen LogP contribution in [-0.4, -0.2) is 53.9 Å². The van der Waals surface area contributed by atoms with Crippen LogP contribution in [0.4, 0.5) is 5.69 Å². The number of imidazole rings is 1. The summed E-state index contributed by atoms with van der Waals surface area (Å²) in [6.07, 6.45) is 1.58. The van der Waals surface area contributed by atoms with E-state index in [1.807, 2.05) is 47.9 Å². The van der Waals surface area contributed by atoms with E-state index in [0.717, 1.165) is 35.2 Å². The number of hydrogen-bond acceptors (Lipinski definition) is 7. The summed E-state index contributed by atoms with van der Waals surface area (Å²) < 4.78 is 12.5. The minimum atomic E-state index is -0.449. The highest BCUT2D eigenvalue weighted by molar-refractivity contribution is 6.05. The second-order valence-electron chi connectivity index (χ2n) is 7.60. The minimum Gasteiger partial charge on any atom is -0.465 e. The number of aromatic nitrogens is 3. The standard InChI is InChI=1S/C24H21N5O3/c1-15-27-22-19(24(30)31-2)11-17(28-7-9-32-10-8-28)12-21(22)29(15)23-16(13-25)14-26-20-6-4-3-5-18(20)23/h3-6,11-12,14H,7-10H2,1-2H3. The van der Waals surface area contributed by atoms with E-state index in [0.29, 0.717) is 41.4 Å². The molecule has 8 heteroatoms. The predicted molar refractivity (Wildman–Crippen MR) is 120 cm³/mol. The van der Waals surface area contributed by atoms with Gasteiger partial charge in [0.05, 0.1) is 48.2 Å². The molecule has 1 aliphatic rings. The van der Waals surface area contributed by atoms with Crippen LogP contribution in [-0.2, 0) is 9.47 Å². The molecule has 0 aliphatic carbocycles. The molecule has 1 aliphatic heterocycles. The third-order valence-electron chi connectivity index (χ3n) is 5.79. The number of esters is 1. The van der Waals surface area contributed by atoms with Crippen molar-refractivity contribution >= 4 is 33.6 Å². The number of aryl methyl sites for hydroxylation is 1. The van der Waals surface area contributed by atoms with Crippen LogP contribution in [0.2, 0.25) is 0 Å². The highest BCUT2D eigenvalue weighted by Gasteiger charge is 2.24. The molecule has 5 rings (SSSR count). The molecule has 2 aromatic carbocycles. The predicted octanol–water partition coefficient (Wildman–Crippen LogP) is 3.38. The van der Waals surface area contributed by atoms with Gasteiger partial charge < -0.3 is 14.4 Å². The van der Waals surface area contributed by atoms with E-state index >= 15 is 0 Å². The Morgan fingerprint density at radius 2 is 2.00 bits per heavy atom. The number of rotatable bonds is 3. The Hall–Kier alpha value is -3.96. The van der Waals surface area contributed by atoms with Crippen molar-refractivity contribution in [3.63, 3.8) is 0 Å². The molecule has 0 saturated carbocycles. The molecule has 0 N–H and O–H groups in total. The number of morpholine rings is 1. The number of anilines is 1. The van der Waals surface area contributed by atoms with E-state index in [-0.39, 0.29) is 0 Å². The van der Waals surface area contributed by atoms with Gasteiger partial charge in [-0.15, -0.1) is 0 Å². The lowest BCUT2D eigenvalue weighted by molar-refractivity contribution is 0.0603. The Kier molecular flexibility index (Phi) is 4.96. The second-order valence-corrected chi connectivity index (χ2v) is 7.60. The summed E-state index contributed by atoms with van der Waals surface area (Å²) >= 11 is 0. The maximum atomic E-state index is 12.7. The third-order valence-corrected chi connectivity index (χ3v) is 5.79. The van der Waals surface area contributed by atoms with Crippen LogP contribution in [0.1, 0.15) is 21.7 Å². The maximum Gasteiger partial charge on any atom is 0.340 e. The summed E-state index contributed by atoms with van der Waals surface area (Å²) in [6.45, 7) is 4.56. The summed E-state index contributed by atoms with van der Waals surface area (Å²) in [7, 11) is 1.36. The summed E-state index contributed by atoms with van der Waals surface area (Å²) in [5.74, 6) is 0.215. The number of para-hydroxylation sites is 1. The van der Waals surface area contributed by atoms with E-state index in [4.69, 9.17) is 14.5 Å². The Balaban J connectivity index is 1.86. The van der Waals surface area contributed by atoms with Gasteiger partial charge in [0, 0.05) is 30.4 Å². The van der Waals surface area contributed by atoms with Gasteiger partial charge in [0.2, 0.25) is 0 Å². The quantitative estimate of drug-likeness (QED) is 0.463. The highest BCUT2D eigenvalue weighted by Crippen LogP contribution is 2.33. The van der Waals surface area contributed by atoms with Gasteiger partial charge in [-0.1, -0.05) is 18.2 Å². The molecule has 160 valence electrons. The molecular weight excluding hydrogens is 406 g/mol. The lowest BCUT2D eigenvalue weighted by atomic mass is 10.1. The Morgan fingerprint density at radius 3 is 2.75 bits per heavy atom. The number of fused-ring (bicyclic) bond motifs is 2. The normalized spacial score (nSPS) is 14.0. The zero-order valence-corrected chi connectivity index (χ0v) is 17.8. The van der Waals surface area contributed by atoms with Gasteiger partial charge in [-0.25, -0.2) is 9.78 Å². The average Bonchev–Trinajstić information content (AvgIpc) is 3.17.